The first-order valence-corrected chi connectivity index (χ1v) is 6.02. The zero-order chi connectivity index (χ0) is 12.3. The molecule has 0 aromatic heterocycles. The average molecular weight is 235 g/mol. The predicted molar refractivity (Wildman–Crippen MR) is 70.2 cm³/mol. The van der Waals surface area contributed by atoms with Crippen LogP contribution < -0.4 is 10.5 Å². The fourth-order valence-corrected chi connectivity index (χ4v) is 2.12. The van der Waals surface area contributed by atoms with E-state index in [2.05, 4.69) is 22.9 Å². The van der Waals surface area contributed by atoms with E-state index in [1.54, 1.807) is 7.11 Å². The van der Waals surface area contributed by atoms with Gasteiger partial charge in [0.25, 0.3) is 0 Å². The Morgan fingerprint density at radius 1 is 1.24 bits per heavy atom. The second-order valence-electron chi connectivity index (χ2n) is 4.66. The van der Waals surface area contributed by atoms with Crippen LogP contribution in [0.5, 0.6) is 5.75 Å². The number of nitrogens with two attached hydrogens (primary N) is 1. The molecule has 17 heavy (non-hydrogen) atoms. The summed E-state index contributed by atoms with van der Waals surface area (Å²) in [4.78, 5) is 4.82. The molecule has 0 unspecified atom stereocenters. The van der Waals surface area contributed by atoms with Crippen LogP contribution in [0.1, 0.15) is 5.56 Å². The molecule has 1 aromatic rings. The zero-order valence-electron chi connectivity index (χ0n) is 10.6. The van der Waals surface area contributed by atoms with Gasteiger partial charge in [-0.15, -0.1) is 0 Å². The molecule has 1 saturated heterocycles. The number of ether oxygens (including phenoxy) is 1. The number of benzene rings is 1. The van der Waals surface area contributed by atoms with Gasteiger partial charge in [-0.25, -0.2) is 0 Å². The molecule has 0 saturated carbocycles. The van der Waals surface area contributed by atoms with Crippen molar-refractivity contribution in [3.63, 3.8) is 0 Å². The van der Waals surface area contributed by atoms with Crippen LogP contribution in [0.2, 0.25) is 0 Å². The minimum Gasteiger partial charge on any atom is -0.495 e. The highest BCUT2D eigenvalue weighted by molar-refractivity contribution is 5.53. The maximum absolute atomic E-state index is 5.81. The molecule has 94 valence electrons. The lowest BCUT2D eigenvalue weighted by molar-refractivity contribution is 0.148. The van der Waals surface area contributed by atoms with E-state index in [9.17, 15) is 0 Å². The molecule has 4 heteroatoms. The van der Waals surface area contributed by atoms with Crippen molar-refractivity contribution in [2.45, 2.75) is 6.54 Å². The molecule has 0 amide bonds. The van der Waals surface area contributed by atoms with Crippen LogP contribution >= 0.6 is 0 Å². The van der Waals surface area contributed by atoms with Crippen LogP contribution in [0.4, 0.5) is 5.69 Å². The SMILES string of the molecule is COc1cc(CN2CCN(C)CC2)ccc1N. The zero-order valence-corrected chi connectivity index (χ0v) is 10.6. The van der Waals surface area contributed by atoms with Crippen LogP contribution in [0.25, 0.3) is 0 Å². The lowest BCUT2D eigenvalue weighted by Gasteiger charge is -2.32. The normalized spacial score (nSPS) is 18.2. The molecular weight excluding hydrogens is 214 g/mol. The minimum absolute atomic E-state index is 0.703. The van der Waals surface area contributed by atoms with Crippen LogP contribution in [-0.4, -0.2) is 50.1 Å². The van der Waals surface area contributed by atoms with Crippen LogP contribution in [0.15, 0.2) is 18.2 Å². The summed E-state index contributed by atoms with van der Waals surface area (Å²) in [5, 5.41) is 0. The number of hydrogen-bond donors (Lipinski definition) is 1. The molecule has 4 nitrogen and oxygen atoms in total. The van der Waals surface area contributed by atoms with Crippen LogP contribution in [-0.2, 0) is 6.54 Å². The van der Waals surface area contributed by atoms with Crippen molar-refractivity contribution in [2.75, 3.05) is 46.1 Å². The van der Waals surface area contributed by atoms with Gasteiger partial charge in [0, 0.05) is 32.7 Å². The highest BCUT2D eigenvalue weighted by Gasteiger charge is 2.14. The number of methoxy groups -OCH3 is 1. The van der Waals surface area contributed by atoms with Crippen molar-refractivity contribution in [2.24, 2.45) is 0 Å². The number of rotatable bonds is 3. The molecular formula is C13H21N3O. The largest absolute Gasteiger partial charge is 0.495 e. The summed E-state index contributed by atoms with van der Waals surface area (Å²) in [5.41, 5.74) is 7.77. The van der Waals surface area contributed by atoms with Gasteiger partial charge in [-0.1, -0.05) is 6.07 Å². The number of hydrogen-bond acceptors (Lipinski definition) is 4. The van der Waals surface area contributed by atoms with Crippen molar-refractivity contribution in [1.82, 2.24) is 9.80 Å². The van der Waals surface area contributed by atoms with Gasteiger partial charge in [0.15, 0.2) is 0 Å². The van der Waals surface area contributed by atoms with E-state index in [1.165, 1.54) is 5.56 Å². The van der Waals surface area contributed by atoms with Gasteiger partial charge >= 0.3 is 0 Å². The van der Waals surface area contributed by atoms with E-state index in [0.29, 0.717) is 5.69 Å². The highest BCUT2D eigenvalue weighted by atomic mass is 16.5. The number of piperazine rings is 1. The Hall–Kier alpha value is -1.26. The molecule has 1 aromatic carbocycles. The van der Waals surface area contributed by atoms with Gasteiger partial charge < -0.3 is 15.4 Å². The van der Waals surface area contributed by atoms with Crippen molar-refractivity contribution in [3.05, 3.63) is 23.8 Å². The Morgan fingerprint density at radius 2 is 1.94 bits per heavy atom. The van der Waals surface area contributed by atoms with E-state index in [4.69, 9.17) is 10.5 Å². The Bertz CT molecular complexity index is 373. The van der Waals surface area contributed by atoms with Crippen LogP contribution in [0.3, 0.4) is 0 Å². The smallest absolute Gasteiger partial charge is 0.142 e. The molecule has 1 fully saturated rings. The molecule has 0 bridgehead atoms. The Balaban J connectivity index is 1.99. The first-order valence-electron chi connectivity index (χ1n) is 6.02. The number of anilines is 1. The van der Waals surface area contributed by atoms with Gasteiger partial charge in [0.1, 0.15) is 5.75 Å². The molecule has 0 atom stereocenters. The standard InChI is InChI=1S/C13H21N3O/c1-15-5-7-16(8-6-15)10-11-3-4-12(14)13(9-11)17-2/h3-4,9H,5-8,10,14H2,1-2H3. The van der Waals surface area contributed by atoms with Crippen molar-refractivity contribution in [1.29, 1.82) is 0 Å². The van der Waals surface area contributed by atoms with Gasteiger partial charge in [-0.2, -0.15) is 0 Å². The van der Waals surface area contributed by atoms with Gasteiger partial charge in [0.05, 0.1) is 12.8 Å². The summed E-state index contributed by atoms with van der Waals surface area (Å²) >= 11 is 0. The summed E-state index contributed by atoms with van der Waals surface area (Å²) in [7, 11) is 3.83. The molecule has 2 rings (SSSR count). The maximum Gasteiger partial charge on any atom is 0.142 e. The van der Waals surface area contributed by atoms with Crippen molar-refractivity contribution < 1.29 is 4.74 Å². The van der Waals surface area contributed by atoms with Gasteiger partial charge in [-0.3, -0.25) is 4.90 Å². The maximum atomic E-state index is 5.81. The fourth-order valence-electron chi connectivity index (χ4n) is 2.12. The van der Waals surface area contributed by atoms with E-state index in [-0.39, 0.29) is 0 Å². The third-order valence-corrected chi connectivity index (χ3v) is 3.30. The number of nitrogens with zero attached hydrogens (tertiary/aromatic N) is 2. The van der Waals surface area contributed by atoms with E-state index in [0.717, 1.165) is 38.5 Å². The monoisotopic (exact) mass is 235 g/mol. The minimum atomic E-state index is 0.703. The van der Waals surface area contributed by atoms with E-state index in [1.807, 2.05) is 12.1 Å². The first-order chi connectivity index (χ1) is 8.19. The summed E-state index contributed by atoms with van der Waals surface area (Å²) in [6.45, 7) is 5.52. The summed E-state index contributed by atoms with van der Waals surface area (Å²) in [6.07, 6.45) is 0. The quantitative estimate of drug-likeness (QED) is 0.794. The molecule has 1 aliphatic heterocycles. The fraction of sp³-hybridized carbons (Fsp3) is 0.538. The second kappa shape index (κ2) is 5.38. The van der Waals surface area contributed by atoms with Crippen molar-refractivity contribution >= 4 is 5.69 Å². The highest BCUT2D eigenvalue weighted by Crippen LogP contribution is 2.23. The second-order valence-corrected chi connectivity index (χ2v) is 4.66. The predicted octanol–water partition coefficient (Wildman–Crippen LogP) is 1.02. The Kier molecular flexibility index (Phi) is 3.86. The van der Waals surface area contributed by atoms with E-state index >= 15 is 0 Å². The molecule has 1 heterocycles. The Morgan fingerprint density at radius 3 is 2.59 bits per heavy atom. The summed E-state index contributed by atoms with van der Waals surface area (Å²) in [5.74, 6) is 0.775. The molecule has 0 spiro atoms. The number of nitrogen functional groups attached to an aromatic ring is 1. The first kappa shape index (κ1) is 12.2. The third kappa shape index (κ3) is 3.11. The Labute approximate surface area is 103 Å². The van der Waals surface area contributed by atoms with Gasteiger partial charge in [-0.05, 0) is 24.7 Å². The van der Waals surface area contributed by atoms with Crippen LogP contribution in [0, 0.1) is 0 Å². The molecule has 1 aliphatic rings. The molecule has 2 N–H and O–H groups in total. The van der Waals surface area contributed by atoms with Crippen molar-refractivity contribution in [3.8, 4) is 5.75 Å². The van der Waals surface area contributed by atoms with Gasteiger partial charge in [0.2, 0.25) is 0 Å². The molecule has 0 aliphatic carbocycles. The third-order valence-electron chi connectivity index (χ3n) is 3.30. The van der Waals surface area contributed by atoms with E-state index < -0.39 is 0 Å². The molecule has 0 radical (unpaired) electrons. The number of likely N-dealkylation sites (N-methyl/N-ethyl adjacent to an activating group) is 1. The lowest BCUT2D eigenvalue weighted by atomic mass is 10.1. The summed E-state index contributed by atoms with van der Waals surface area (Å²) in [6, 6.07) is 6.04. The average Bonchev–Trinajstić information content (AvgIpc) is 2.34. The topological polar surface area (TPSA) is 41.7 Å². The summed E-state index contributed by atoms with van der Waals surface area (Å²) < 4.78 is 5.24. The lowest BCUT2D eigenvalue weighted by Crippen LogP contribution is -2.43.